The van der Waals surface area contributed by atoms with Crippen LogP contribution in [0.5, 0.6) is 0 Å². The zero-order valence-electron chi connectivity index (χ0n) is 11.6. The zero-order valence-corrected chi connectivity index (χ0v) is 11.6. The Morgan fingerprint density at radius 3 is 2.17 bits per heavy atom. The van der Waals surface area contributed by atoms with E-state index >= 15 is 0 Å². The molecule has 2 aliphatic carbocycles. The van der Waals surface area contributed by atoms with Crippen LogP contribution in [0.15, 0.2) is 0 Å². The second-order valence-electron chi connectivity index (χ2n) is 6.10. The van der Waals surface area contributed by atoms with E-state index in [-0.39, 0.29) is 0 Å². The molecule has 18 heavy (non-hydrogen) atoms. The van der Waals surface area contributed by atoms with Gasteiger partial charge in [-0.05, 0) is 44.4 Å². The van der Waals surface area contributed by atoms with E-state index in [2.05, 4.69) is 6.92 Å². The minimum absolute atomic E-state index is 0.425. The van der Waals surface area contributed by atoms with Crippen molar-refractivity contribution in [2.45, 2.75) is 69.9 Å². The van der Waals surface area contributed by atoms with Gasteiger partial charge in [-0.2, -0.15) is 0 Å². The molecule has 2 saturated carbocycles. The van der Waals surface area contributed by atoms with Gasteiger partial charge in [0.2, 0.25) is 0 Å². The maximum absolute atomic E-state index is 6.32. The number of ether oxygens (including phenoxy) is 3. The van der Waals surface area contributed by atoms with Crippen molar-refractivity contribution in [1.29, 1.82) is 0 Å². The van der Waals surface area contributed by atoms with Crippen LogP contribution in [0.4, 0.5) is 0 Å². The monoisotopic (exact) mass is 254 g/mol. The van der Waals surface area contributed by atoms with Gasteiger partial charge < -0.3 is 14.2 Å². The van der Waals surface area contributed by atoms with Crippen LogP contribution < -0.4 is 0 Å². The van der Waals surface area contributed by atoms with Crippen LogP contribution in [0.3, 0.4) is 0 Å². The standard InChI is InChI=1S/C15H26O3/c1-3-17-11-5-7-13-12-6-4-10(16-2)8-14(12)18-15(13)9-11/h10-15H,3-9H2,1-2H3. The largest absolute Gasteiger partial charge is 0.381 e. The lowest BCUT2D eigenvalue weighted by Crippen LogP contribution is -2.35. The Hall–Kier alpha value is -0.120. The minimum Gasteiger partial charge on any atom is -0.381 e. The third kappa shape index (κ3) is 2.33. The van der Waals surface area contributed by atoms with Gasteiger partial charge >= 0.3 is 0 Å². The lowest BCUT2D eigenvalue weighted by molar-refractivity contribution is -0.0603. The maximum Gasteiger partial charge on any atom is 0.0635 e. The lowest BCUT2D eigenvalue weighted by Gasteiger charge is -2.34. The molecule has 3 heteroatoms. The van der Waals surface area contributed by atoms with Crippen molar-refractivity contribution < 1.29 is 14.2 Å². The second kappa shape index (κ2) is 5.48. The molecule has 3 fully saturated rings. The molecule has 104 valence electrons. The molecule has 6 unspecified atom stereocenters. The number of fused-ring (bicyclic) bond motifs is 3. The fourth-order valence-corrected chi connectivity index (χ4v) is 4.35. The van der Waals surface area contributed by atoms with Crippen LogP contribution in [0, 0.1) is 11.8 Å². The number of methoxy groups -OCH3 is 1. The Morgan fingerprint density at radius 2 is 1.56 bits per heavy atom. The molecular formula is C15H26O3. The van der Waals surface area contributed by atoms with Gasteiger partial charge in [0.25, 0.3) is 0 Å². The van der Waals surface area contributed by atoms with Crippen LogP contribution in [0.1, 0.15) is 45.4 Å². The van der Waals surface area contributed by atoms with E-state index in [0.29, 0.717) is 24.4 Å². The molecule has 0 spiro atoms. The first kappa shape index (κ1) is 12.9. The summed E-state index contributed by atoms with van der Waals surface area (Å²) < 4.78 is 17.6. The summed E-state index contributed by atoms with van der Waals surface area (Å²) in [7, 11) is 1.83. The van der Waals surface area contributed by atoms with Crippen molar-refractivity contribution in [2.24, 2.45) is 11.8 Å². The highest BCUT2D eigenvalue weighted by Crippen LogP contribution is 2.48. The Kier molecular flexibility index (Phi) is 3.92. The Balaban J connectivity index is 1.61. The SMILES string of the molecule is CCOC1CCC2C(C1)OC1CC(OC)CCC12. The lowest BCUT2D eigenvalue weighted by atomic mass is 9.72. The van der Waals surface area contributed by atoms with Gasteiger partial charge in [0.15, 0.2) is 0 Å². The molecule has 0 amide bonds. The van der Waals surface area contributed by atoms with Crippen molar-refractivity contribution in [1.82, 2.24) is 0 Å². The molecular weight excluding hydrogens is 228 g/mol. The topological polar surface area (TPSA) is 27.7 Å². The van der Waals surface area contributed by atoms with E-state index in [1.54, 1.807) is 0 Å². The minimum atomic E-state index is 0.425. The molecule has 0 N–H and O–H groups in total. The quantitative estimate of drug-likeness (QED) is 0.775. The van der Waals surface area contributed by atoms with Gasteiger partial charge in [0.05, 0.1) is 24.4 Å². The summed E-state index contributed by atoms with van der Waals surface area (Å²) in [5.74, 6) is 1.59. The van der Waals surface area contributed by atoms with Crippen molar-refractivity contribution in [3.05, 3.63) is 0 Å². The third-order valence-electron chi connectivity index (χ3n) is 5.22. The second-order valence-corrected chi connectivity index (χ2v) is 6.10. The molecule has 1 aliphatic heterocycles. The van der Waals surface area contributed by atoms with Crippen LogP contribution in [-0.2, 0) is 14.2 Å². The van der Waals surface area contributed by atoms with Gasteiger partial charge in [-0.1, -0.05) is 0 Å². The molecule has 3 aliphatic rings. The summed E-state index contributed by atoms with van der Waals surface area (Å²) in [6, 6.07) is 0. The first-order valence-corrected chi connectivity index (χ1v) is 7.61. The number of rotatable bonds is 3. The van der Waals surface area contributed by atoms with E-state index in [9.17, 15) is 0 Å². The van der Waals surface area contributed by atoms with Gasteiger partial charge in [-0.15, -0.1) is 0 Å². The molecule has 1 heterocycles. The predicted octanol–water partition coefficient (Wildman–Crippen LogP) is 2.77. The van der Waals surface area contributed by atoms with Crippen molar-refractivity contribution in [3.63, 3.8) is 0 Å². The third-order valence-corrected chi connectivity index (χ3v) is 5.22. The zero-order chi connectivity index (χ0) is 12.5. The molecule has 0 aromatic carbocycles. The summed E-state index contributed by atoms with van der Waals surface area (Å²) >= 11 is 0. The smallest absolute Gasteiger partial charge is 0.0635 e. The fraction of sp³-hybridized carbons (Fsp3) is 1.00. The predicted molar refractivity (Wildman–Crippen MR) is 69.6 cm³/mol. The molecule has 0 bridgehead atoms. The van der Waals surface area contributed by atoms with E-state index in [1.165, 1.54) is 25.7 Å². The molecule has 6 atom stereocenters. The summed E-state index contributed by atoms with van der Waals surface area (Å²) in [5, 5.41) is 0. The average molecular weight is 254 g/mol. The Bertz CT molecular complexity index is 281. The highest BCUT2D eigenvalue weighted by Gasteiger charge is 2.49. The van der Waals surface area contributed by atoms with E-state index in [4.69, 9.17) is 14.2 Å². The van der Waals surface area contributed by atoms with E-state index in [0.717, 1.165) is 31.3 Å². The summed E-state index contributed by atoms with van der Waals surface area (Å²) in [6.45, 7) is 2.92. The van der Waals surface area contributed by atoms with Gasteiger partial charge in [0.1, 0.15) is 0 Å². The molecule has 3 rings (SSSR count). The van der Waals surface area contributed by atoms with Crippen molar-refractivity contribution in [3.8, 4) is 0 Å². The Morgan fingerprint density at radius 1 is 0.944 bits per heavy atom. The summed E-state index contributed by atoms with van der Waals surface area (Å²) in [6.07, 6.45) is 9.05. The number of hydrogen-bond donors (Lipinski definition) is 0. The molecule has 1 saturated heterocycles. The molecule has 0 aromatic heterocycles. The first-order valence-electron chi connectivity index (χ1n) is 7.61. The highest BCUT2D eigenvalue weighted by molar-refractivity contribution is 4.97. The van der Waals surface area contributed by atoms with Crippen LogP contribution in [0.2, 0.25) is 0 Å². The van der Waals surface area contributed by atoms with Gasteiger partial charge in [0, 0.05) is 26.6 Å². The van der Waals surface area contributed by atoms with Crippen molar-refractivity contribution in [2.75, 3.05) is 13.7 Å². The fourth-order valence-electron chi connectivity index (χ4n) is 4.35. The maximum atomic E-state index is 6.32. The summed E-state index contributed by atoms with van der Waals surface area (Å²) in [5.41, 5.74) is 0. The highest BCUT2D eigenvalue weighted by atomic mass is 16.5. The van der Waals surface area contributed by atoms with Gasteiger partial charge in [-0.3, -0.25) is 0 Å². The average Bonchev–Trinajstić information content (AvgIpc) is 2.75. The van der Waals surface area contributed by atoms with E-state index in [1.807, 2.05) is 7.11 Å². The van der Waals surface area contributed by atoms with Crippen molar-refractivity contribution >= 4 is 0 Å². The summed E-state index contributed by atoms with van der Waals surface area (Å²) in [4.78, 5) is 0. The van der Waals surface area contributed by atoms with Crippen LogP contribution in [-0.4, -0.2) is 38.1 Å². The van der Waals surface area contributed by atoms with Gasteiger partial charge in [-0.25, -0.2) is 0 Å². The first-order chi connectivity index (χ1) is 8.81. The number of hydrogen-bond acceptors (Lipinski definition) is 3. The van der Waals surface area contributed by atoms with Crippen LogP contribution in [0.25, 0.3) is 0 Å². The molecule has 0 radical (unpaired) electrons. The molecule has 0 aromatic rings. The normalized spacial score (nSPS) is 47.7. The Labute approximate surface area is 110 Å². The van der Waals surface area contributed by atoms with E-state index < -0.39 is 0 Å². The van der Waals surface area contributed by atoms with Crippen LogP contribution >= 0.6 is 0 Å². The molecule has 3 nitrogen and oxygen atoms in total.